The van der Waals surface area contributed by atoms with Crippen LogP contribution in [0.4, 0.5) is 0 Å². The molecule has 0 radical (unpaired) electrons. The van der Waals surface area contributed by atoms with Crippen molar-refractivity contribution < 1.29 is 28.6 Å². The number of hydrogen-bond donors (Lipinski definition) is 1. The van der Waals surface area contributed by atoms with Gasteiger partial charge in [-0.05, 0) is 197 Å². The van der Waals surface area contributed by atoms with Crippen LogP contribution in [0.2, 0.25) is 0 Å². The van der Waals surface area contributed by atoms with E-state index in [1.54, 1.807) is 19.2 Å². The number of para-hydroxylation sites is 1. The molecule has 4 aliphatic carbocycles. The zero-order chi connectivity index (χ0) is 43.5. The molecule has 0 amide bonds. The standard InChI is InChI=1S/C28H28O3.C25H29I2NO3/c1-31-26-7-6-23(21-2-3-22-12-24(27(29)30)5-4-20(22)11-21)13-25(26)28-14-17-8-18(15-28)10-19(9-17)16-28;1-4-7-11-22-23(18-10-8-9-12-21(18)31-22)24(29)17-15-19(26)25(20(27)16-17)30-14-13-28(5-2)6-3/h2-7,11-13,17-19H,8-10,14-16H2,1H3,(H,29,30);8-10,12,15-16H,4-7,11,13-14H2,1-3H3. The van der Waals surface area contributed by atoms with Gasteiger partial charge in [-0.15, -0.1) is 0 Å². The van der Waals surface area contributed by atoms with E-state index in [0.717, 1.165) is 103 Å². The van der Waals surface area contributed by atoms with Crippen LogP contribution in [0.3, 0.4) is 0 Å². The molecule has 0 aliphatic heterocycles. The molecule has 6 aromatic rings. The van der Waals surface area contributed by atoms with Gasteiger partial charge in [0.25, 0.3) is 0 Å². The van der Waals surface area contributed by atoms with Crippen LogP contribution in [0.15, 0.2) is 95.4 Å². The van der Waals surface area contributed by atoms with Crippen LogP contribution in [0.1, 0.15) is 110 Å². The molecule has 5 aromatic carbocycles. The van der Waals surface area contributed by atoms with Gasteiger partial charge in [0.15, 0.2) is 5.78 Å². The maximum absolute atomic E-state index is 13.6. The van der Waals surface area contributed by atoms with Crippen molar-refractivity contribution in [3.63, 3.8) is 0 Å². The number of halogens is 2. The van der Waals surface area contributed by atoms with Gasteiger partial charge < -0.3 is 23.9 Å². The van der Waals surface area contributed by atoms with Crippen LogP contribution in [0, 0.1) is 24.9 Å². The van der Waals surface area contributed by atoms with Gasteiger partial charge >= 0.3 is 5.97 Å². The summed E-state index contributed by atoms with van der Waals surface area (Å²) in [5.74, 6) is 4.49. The van der Waals surface area contributed by atoms with Gasteiger partial charge in [0.1, 0.15) is 29.4 Å². The molecule has 0 unspecified atom stereocenters. The quantitative estimate of drug-likeness (QED) is 0.0809. The van der Waals surface area contributed by atoms with Crippen molar-refractivity contribution in [2.45, 2.75) is 84.0 Å². The summed E-state index contributed by atoms with van der Waals surface area (Å²) in [5.41, 5.74) is 6.56. The number of unbranched alkanes of at least 4 members (excludes halogenated alkanes) is 1. The second-order valence-corrected chi connectivity index (χ2v) is 20.0. The highest BCUT2D eigenvalue weighted by Gasteiger charge is 2.52. The first kappa shape index (κ1) is 44.7. The minimum absolute atomic E-state index is 0.0153. The average molecular weight is 1060 g/mol. The van der Waals surface area contributed by atoms with Crippen LogP contribution >= 0.6 is 45.2 Å². The monoisotopic (exact) mass is 1060 g/mol. The Morgan fingerprint density at radius 3 is 2.06 bits per heavy atom. The zero-order valence-corrected chi connectivity index (χ0v) is 40.6. The Morgan fingerprint density at radius 2 is 1.42 bits per heavy atom. The molecule has 0 spiro atoms. The molecule has 0 atom stereocenters. The number of aryl methyl sites for hydroxylation is 1. The molecule has 324 valence electrons. The van der Waals surface area contributed by atoms with Crippen molar-refractivity contribution in [3.05, 3.63) is 126 Å². The fourth-order valence-electron chi connectivity index (χ4n) is 10.9. The number of rotatable bonds is 15. The first-order valence-electron chi connectivity index (χ1n) is 22.4. The molecular formula is C53H57I2NO6. The van der Waals surface area contributed by atoms with Crippen LogP contribution < -0.4 is 9.47 Å². The van der Waals surface area contributed by atoms with E-state index in [-0.39, 0.29) is 11.2 Å². The van der Waals surface area contributed by atoms with Crippen molar-refractivity contribution in [2.75, 3.05) is 33.4 Å². The first-order chi connectivity index (χ1) is 30.0. The molecule has 4 saturated carbocycles. The molecule has 0 saturated heterocycles. The van der Waals surface area contributed by atoms with Crippen LogP contribution in [-0.2, 0) is 11.8 Å². The highest BCUT2D eigenvalue weighted by molar-refractivity contribution is 14.1. The second kappa shape index (κ2) is 19.4. The Kier molecular flexibility index (Phi) is 14.0. The van der Waals surface area contributed by atoms with Gasteiger partial charge in [-0.3, -0.25) is 4.79 Å². The number of hydrogen-bond acceptors (Lipinski definition) is 6. The summed E-state index contributed by atoms with van der Waals surface area (Å²) in [6.45, 7) is 10.0. The fourth-order valence-corrected chi connectivity index (χ4v) is 13.0. The van der Waals surface area contributed by atoms with Crippen molar-refractivity contribution >= 4 is 78.7 Å². The van der Waals surface area contributed by atoms with E-state index in [0.29, 0.717) is 23.3 Å². The van der Waals surface area contributed by atoms with Crippen molar-refractivity contribution in [3.8, 4) is 22.6 Å². The van der Waals surface area contributed by atoms with Gasteiger partial charge in [0, 0.05) is 29.5 Å². The Bertz CT molecular complexity index is 2530. The van der Waals surface area contributed by atoms with E-state index in [4.69, 9.17) is 13.9 Å². The molecule has 1 heterocycles. The lowest BCUT2D eigenvalue weighted by atomic mass is 9.48. The van der Waals surface area contributed by atoms with Crippen LogP contribution in [-0.4, -0.2) is 55.1 Å². The Morgan fingerprint density at radius 1 is 0.790 bits per heavy atom. The fraction of sp³-hybridized carbons (Fsp3) is 0.396. The molecular weight excluding hydrogens is 1000 g/mol. The van der Waals surface area contributed by atoms with Crippen molar-refractivity contribution in [1.82, 2.24) is 4.90 Å². The molecule has 1 aromatic heterocycles. The number of ether oxygens (including phenoxy) is 2. The molecule has 4 aliphatic rings. The normalized spacial score (nSPS) is 20.1. The summed E-state index contributed by atoms with van der Waals surface area (Å²) >= 11 is 4.54. The summed E-state index contributed by atoms with van der Waals surface area (Å²) < 4.78 is 19.9. The predicted octanol–water partition coefficient (Wildman–Crippen LogP) is 13.6. The first-order valence-corrected chi connectivity index (χ1v) is 24.5. The minimum Gasteiger partial charge on any atom is -0.496 e. The van der Waals surface area contributed by atoms with Crippen molar-refractivity contribution in [2.24, 2.45) is 17.8 Å². The maximum atomic E-state index is 13.6. The number of fused-ring (bicyclic) bond motifs is 2. The van der Waals surface area contributed by atoms with E-state index in [2.05, 4.69) is 101 Å². The highest BCUT2D eigenvalue weighted by Crippen LogP contribution is 2.62. The van der Waals surface area contributed by atoms with E-state index >= 15 is 0 Å². The number of benzene rings is 5. The highest BCUT2D eigenvalue weighted by atomic mass is 127. The Hall–Kier alpha value is -3.94. The van der Waals surface area contributed by atoms with E-state index in [9.17, 15) is 14.7 Å². The number of likely N-dealkylation sites (N-methyl/N-ethyl adjacent to an activating group) is 1. The molecule has 10 rings (SSSR count). The molecule has 1 N–H and O–H groups in total. The third-order valence-corrected chi connectivity index (χ3v) is 15.3. The smallest absolute Gasteiger partial charge is 0.335 e. The molecule has 4 fully saturated rings. The molecule has 62 heavy (non-hydrogen) atoms. The summed E-state index contributed by atoms with van der Waals surface area (Å²) in [6.07, 6.45) is 11.1. The topological polar surface area (TPSA) is 89.2 Å². The van der Waals surface area contributed by atoms with Gasteiger partial charge in [0.05, 0.1) is 25.4 Å². The summed E-state index contributed by atoms with van der Waals surface area (Å²) in [6, 6.07) is 30.0. The van der Waals surface area contributed by atoms with E-state index in [1.807, 2.05) is 48.5 Å². The number of carboxylic acids is 1. The third-order valence-electron chi connectivity index (χ3n) is 13.7. The average Bonchev–Trinajstić information content (AvgIpc) is 3.65. The lowest BCUT2D eigenvalue weighted by molar-refractivity contribution is -0.00613. The van der Waals surface area contributed by atoms with E-state index < -0.39 is 5.97 Å². The number of nitrogens with zero attached hydrogens (tertiary/aromatic N) is 1. The number of ketones is 1. The maximum Gasteiger partial charge on any atom is 0.335 e. The lowest BCUT2D eigenvalue weighted by Gasteiger charge is -2.57. The molecule has 9 heteroatoms. The number of carbonyl (C=O) groups is 2. The Labute approximate surface area is 393 Å². The SMILES string of the molecule is CCCCc1oc2ccccc2c1C(=O)c1cc(I)c(OCCN(CC)CC)c(I)c1.COc1ccc(-c2ccc3cc(C(=O)O)ccc3c2)cc1C12CC3CC(CC(C3)C1)C2. The third kappa shape index (κ3) is 9.32. The van der Waals surface area contributed by atoms with Crippen molar-refractivity contribution in [1.29, 1.82) is 0 Å². The largest absolute Gasteiger partial charge is 0.496 e. The predicted molar refractivity (Wildman–Crippen MR) is 266 cm³/mol. The van der Waals surface area contributed by atoms with Gasteiger partial charge in [-0.25, -0.2) is 4.79 Å². The lowest BCUT2D eigenvalue weighted by Crippen LogP contribution is -2.48. The number of aromatic carboxylic acids is 1. The number of methoxy groups -OCH3 is 1. The molecule has 7 nitrogen and oxygen atoms in total. The van der Waals surface area contributed by atoms with Gasteiger partial charge in [-0.2, -0.15) is 0 Å². The van der Waals surface area contributed by atoms with E-state index in [1.165, 1.54) is 55.2 Å². The van der Waals surface area contributed by atoms with Gasteiger partial charge in [0.2, 0.25) is 0 Å². The number of furan rings is 1. The second-order valence-electron chi connectivity index (χ2n) is 17.7. The van der Waals surface area contributed by atoms with Crippen LogP contribution in [0.5, 0.6) is 11.5 Å². The zero-order valence-electron chi connectivity index (χ0n) is 36.3. The summed E-state index contributed by atoms with van der Waals surface area (Å²) in [5, 5.41) is 12.2. The molecule has 4 bridgehead atoms. The van der Waals surface area contributed by atoms with Crippen LogP contribution in [0.25, 0.3) is 32.9 Å². The minimum atomic E-state index is -0.888. The summed E-state index contributed by atoms with van der Waals surface area (Å²) in [4.78, 5) is 27.2. The number of carboxylic acid groups (broad SMARTS) is 1. The van der Waals surface area contributed by atoms with Gasteiger partial charge in [-0.1, -0.05) is 69.7 Å². The Balaban J connectivity index is 0.000000171. The number of carbonyl (C=O) groups excluding carboxylic acids is 1. The summed E-state index contributed by atoms with van der Waals surface area (Å²) in [7, 11) is 1.80.